The SMILES string of the molecule is O=C(CCc1nnc(Cc2c[nH]c3ccccc23)o1)NCCc1cccc(F)c1. The Morgan fingerprint density at radius 2 is 1.93 bits per heavy atom. The molecule has 0 saturated carbocycles. The molecule has 2 aromatic heterocycles. The van der Waals surface area contributed by atoms with Gasteiger partial charge in [0.15, 0.2) is 0 Å². The number of hydrogen-bond acceptors (Lipinski definition) is 4. The number of hydrogen-bond donors (Lipinski definition) is 2. The van der Waals surface area contributed by atoms with Crippen LogP contribution >= 0.6 is 0 Å². The van der Waals surface area contributed by atoms with Crippen LogP contribution in [-0.2, 0) is 24.1 Å². The zero-order valence-corrected chi connectivity index (χ0v) is 15.8. The molecule has 0 bridgehead atoms. The van der Waals surface area contributed by atoms with Gasteiger partial charge in [-0.05, 0) is 35.7 Å². The Hall–Kier alpha value is -3.48. The highest BCUT2D eigenvalue weighted by Crippen LogP contribution is 2.20. The van der Waals surface area contributed by atoms with E-state index in [0.29, 0.717) is 37.6 Å². The van der Waals surface area contributed by atoms with Crippen molar-refractivity contribution in [3.63, 3.8) is 0 Å². The molecule has 0 aliphatic rings. The van der Waals surface area contributed by atoms with Gasteiger partial charge >= 0.3 is 0 Å². The van der Waals surface area contributed by atoms with Gasteiger partial charge in [-0.3, -0.25) is 4.79 Å². The van der Waals surface area contributed by atoms with Gasteiger partial charge in [-0.15, -0.1) is 10.2 Å². The van der Waals surface area contributed by atoms with E-state index >= 15 is 0 Å². The van der Waals surface area contributed by atoms with E-state index in [1.165, 1.54) is 12.1 Å². The summed E-state index contributed by atoms with van der Waals surface area (Å²) in [6.45, 7) is 0.456. The number of fused-ring (bicyclic) bond motifs is 1. The van der Waals surface area contributed by atoms with Crippen LogP contribution in [0.1, 0.15) is 29.3 Å². The Morgan fingerprint density at radius 1 is 1.07 bits per heavy atom. The predicted octanol–water partition coefficient (Wildman–Crippen LogP) is 3.57. The molecule has 2 heterocycles. The molecule has 0 unspecified atom stereocenters. The van der Waals surface area contributed by atoms with Crippen molar-refractivity contribution in [2.75, 3.05) is 6.54 Å². The summed E-state index contributed by atoms with van der Waals surface area (Å²) < 4.78 is 18.8. The first-order valence-corrected chi connectivity index (χ1v) is 9.55. The third-order valence-corrected chi connectivity index (χ3v) is 4.72. The van der Waals surface area contributed by atoms with E-state index in [9.17, 15) is 9.18 Å². The van der Waals surface area contributed by atoms with Gasteiger partial charge in [-0.1, -0.05) is 30.3 Å². The number of carbonyl (C=O) groups is 1. The number of nitrogens with one attached hydrogen (secondary N) is 2. The third-order valence-electron chi connectivity index (χ3n) is 4.72. The molecule has 0 spiro atoms. The molecule has 6 nitrogen and oxygen atoms in total. The number of benzene rings is 2. The van der Waals surface area contributed by atoms with Crippen molar-refractivity contribution in [2.45, 2.75) is 25.7 Å². The fourth-order valence-electron chi connectivity index (χ4n) is 3.25. The summed E-state index contributed by atoms with van der Waals surface area (Å²) in [5.74, 6) is 0.600. The monoisotopic (exact) mass is 392 g/mol. The lowest BCUT2D eigenvalue weighted by molar-refractivity contribution is -0.121. The standard InChI is InChI=1S/C22H21FN4O2/c23-17-5-3-4-15(12-17)10-11-24-20(28)8-9-21-26-27-22(29-21)13-16-14-25-19-7-2-1-6-18(16)19/h1-7,12,14,25H,8-11,13H2,(H,24,28). The lowest BCUT2D eigenvalue weighted by atomic mass is 10.1. The Labute approximate surface area is 167 Å². The van der Waals surface area contributed by atoms with Crippen LogP contribution < -0.4 is 5.32 Å². The number of aromatic amines is 1. The Balaban J connectivity index is 1.24. The Kier molecular flexibility index (Phi) is 5.65. The molecule has 2 aromatic carbocycles. The van der Waals surface area contributed by atoms with Gasteiger partial charge in [0.05, 0.1) is 6.42 Å². The van der Waals surface area contributed by atoms with Crippen molar-refractivity contribution in [3.8, 4) is 0 Å². The molecule has 0 saturated heterocycles. The van der Waals surface area contributed by atoms with Crippen LogP contribution in [0, 0.1) is 5.82 Å². The maximum atomic E-state index is 13.1. The first kappa shape index (κ1) is 18.9. The van der Waals surface area contributed by atoms with Crippen molar-refractivity contribution in [3.05, 3.63) is 83.5 Å². The zero-order chi connectivity index (χ0) is 20.1. The minimum absolute atomic E-state index is 0.0993. The fourth-order valence-corrected chi connectivity index (χ4v) is 3.25. The van der Waals surface area contributed by atoms with E-state index in [1.807, 2.05) is 36.5 Å². The Bertz CT molecular complexity index is 1120. The van der Waals surface area contributed by atoms with Crippen LogP contribution in [0.4, 0.5) is 4.39 Å². The lowest BCUT2D eigenvalue weighted by Gasteiger charge is -2.04. The molecule has 4 rings (SSSR count). The second-order valence-electron chi connectivity index (χ2n) is 6.86. The van der Waals surface area contributed by atoms with Crippen molar-refractivity contribution in [1.29, 1.82) is 0 Å². The maximum Gasteiger partial charge on any atom is 0.221 e. The highest BCUT2D eigenvalue weighted by molar-refractivity contribution is 5.83. The number of para-hydroxylation sites is 1. The summed E-state index contributed by atoms with van der Waals surface area (Å²) in [6, 6.07) is 14.4. The minimum Gasteiger partial charge on any atom is -0.425 e. The van der Waals surface area contributed by atoms with Crippen molar-refractivity contribution in [1.82, 2.24) is 20.5 Å². The summed E-state index contributed by atoms with van der Waals surface area (Å²) in [4.78, 5) is 15.2. The molecule has 0 aliphatic carbocycles. The highest BCUT2D eigenvalue weighted by atomic mass is 19.1. The van der Waals surface area contributed by atoms with Crippen LogP contribution in [-0.4, -0.2) is 27.6 Å². The van der Waals surface area contributed by atoms with E-state index < -0.39 is 0 Å². The molecule has 148 valence electrons. The van der Waals surface area contributed by atoms with Gasteiger partial charge in [0, 0.05) is 36.5 Å². The first-order valence-electron chi connectivity index (χ1n) is 9.55. The van der Waals surface area contributed by atoms with Gasteiger partial charge in [0.25, 0.3) is 0 Å². The van der Waals surface area contributed by atoms with Crippen LogP contribution in [0.3, 0.4) is 0 Å². The number of nitrogens with zero attached hydrogens (tertiary/aromatic N) is 2. The number of aromatic nitrogens is 3. The molecule has 0 radical (unpaired) electrons. The van der Waals surface area contributed by atoms with E-state index in [-0.39, 0.29) is 18.1 Å². The average molecular weight is 392 g/mol. The second kappa shape index (κ2) is 8.68. The molecule has 2 N–H and O–H groups in total. The zero-order valence-electron chi connectivity index (χ0n) is 15.8. The van der Waals surface area contributed by atoms with Gasteiger partial charge in [0.2, 0.25) is 17.7 Å². The van der Waals surface area contributed by atoms with Gasteiger partial charge < -0.3 is 14.7 Å². The normalized spacial score (nSPS) is 11.1. The molecule has 29 heavy (non-hydrogen) atoms. The average Bonchev–Trinajstić information content (AvgIpc) is 3.34. The maximum absolute atomic E-state index is 13.1. The number of carbonyl (C=O) groups excluding carboxylic acids is 1. The topological polar surface area (TPSA) is 83.8 Å². The quantitative estimate of drug-likeness (QED) is 0.480. The fraction of sp³-hybridized carbons (Fsp3) is 0.227. The third kappa shape index (κ3) is 4.87. The number of amides is 1. The first-order chi connectivity index (χ1) is 14.2. The molecule has 4 aromatic rings. The summed E-state index contributed by atoms with van der Waals surface area (Å²) in [6.07, 6.45) is 3.71. The van der Waals surface area contributed by atoms with Crippen LogP contribution in [0.5, 0.6) is 0 Å². The summed E-state index contributed by atoms with van der Waals surface area (Å²) in [5, 5.41) is 12.1. The van der Waals surface area contributed by atoms with Crippen LogP contribution in [0.15, 0.2) is 59.1 Å². The summed E-state index contributed by atoms with van der Waals surface area (Å²) in [7, 11) is 0. The molecule has 7 heteroatoms. The van der Waals surface area contributed by atoms with E-state index in [4.69, 9.17) is 4.42 Å². The smallest absolute Gasteiger partial charge is 0.221 e. The number of aryl methyl sites for hydroxylation is 1. The molecule has 0 fully saturated rings. The van der Waals surface area contributed by atoms with E-state index in [0.717, 1.165) is 22.0 Å². The van der Waals surface area contributed by atoms with Crippen molar-refractivity contribution in [2.24, 2.45) is 0 Å². The largest absolute Gasteiger partial charge is 0.425 e. The van der Waals surface area contributed by atoms with Crippen LogP contribution in [0.25, 0.3) is 10.9 Å². The summed E-state index contributed by atoms with van der Waals surface area (Å²) in [5.41, 5.74) is 3.01. The molecular weight excluding hydrogens is 371 g/mol. The van der Waals surface area contributed by atoms with Crippen molar-refractivity contribution < 1.29 is 13.6 Å². The van der Waals surface area contributed by atoms with E-state index in [1.54, 1.807) is 6.07 Å². The number of rotatable bonds is 8. The molecule has 0 atom stereocenters. The second-order valence-corrected chi connectivity index (χ2v) is 6.86. The van der Waals surface area contributed by atoms with E-state index in [2.05, 4.69) is 20.5 Å². The molecule has 1 amide bonds. The molecular formula is C22H21FN4O2. The Morgan fingerprint density at radius 3 is 2.83 bits per heavy atom. The van der Waals surface area contributed by atoms with Gasteiger partial charge in [-0.2, -0.15) is 0 Å². The number of H-pyrrole nitrogens is 1. The van der Waals surface area contributed by atoms with Gasteiger partial charge in [-0.25, -0.2) is 4.39 Å². The number of halogens is 1. The summed E-state index contributed by atoms with van der Waals surface area (Å²) >= 11 is 0. The highest BCUT2D eigenvalue weighted by Gasteiger charge is 2.11. The van der Waals surface area contributed by atoms with Crippen molar-refractivity contribution >= 4 is 16.8 Å². The lowest BCUT2D eigenvalue weighted by Crippen LogP contribution is -2.25. The van der Waals surface area contributed by atoms with Crippen LogP contribution in [0.2, 0.25) is 0 Å². The van der Waals surface area contributed by atoms with Gasteiger partial charge in [0.1, 0.15) is 5.82 Å². The predicted molar refractivity (Wildman–Crippen MR) is 107 cm³/mol. The molecule has 0 aliphatic heterocycles. The minimum atomic E-state index is -0.270.